The van der Waals surface area contributed by atoms with E-state index in [4.69, 9.17) is 5.26 Å². The Morgan fingerprint density at radius 2 is 2.22 bits per heavy atom. The second-order valence-corrected chi connectivity index (χ2v) is 4.74. The molecule has 1 atom stereocenters. The Bertz CT molecular complexity index is 474. The van der Waals surface area contributed by atoms with Crippen molar-refractivity contribution in [3.63, 3.8) is 0 Å². The van der Waals surface area contributed by atoms with Gasteiger partial charge >= 0.3 is 0 Å². The van der Waals surface area contributed by atoms with Gasteiger partial charge in [-0.15, -0.1) is 0 Å². The summed E-state index contributed by atoms with van der Waals surface area (Å²) in [5, 5.41) is 12.1. The molecule has 0 saturated heterocycles. The summed E-state index contributed by atoms with van der Waals surface area (Å²) in [5.74, 6) is 0.338. The highest BCUT2D eigenvalue weighted by atomic mass is 19.1. The minimum Gasteiger partial charge on any atom is -0.312 e. The van der Waals surface area contributed by atoms with Crippen LogP contribution in [0.4, 0.5) is 4.39 Å². The maximum atomic E-state index is 13.2. The Hall–Kier alpha value is -1.66. The minimum absolute atomic E-state index is 0.341. The van der Waals surface area contributed by atoms with Crippen molar-refractivity contribution < 1.29 is 4.39 Å². The Kier molecular flexibility index (Phi) is 4.49. The first-order chi connectivity index (χ1) is 8.78. The molecule has 94 valence electrons. The molecule has 18 heavy (non-hydrogen) atoms. The van der Waals surface area contributed by atoms with Crippen molar-refractivity contribution in [3.05, 3.63) is 47.3 Å². The summed E-state index contributed by atoms with van der Waals surface area (Å²) in [6.45, 7) is 1.56. The van der Waals surface area contributed by atoms with Gasteiger partial charge < -0.3 is 5.32 Å². The number of halogens is 1. The van der Waals surface area contributed by atoms with E-state index in [1.165, 1.54) is 18.6 Å². The normalized spacial score (nSPS) is 18.6. The number of hydrogen-bond donors (Lipinski definition) is 1. The van der Waals surface area contributed by atoms with Crippen LogP contribution in [0.5, 0.6) is 0 Å². The smallest absolute Gasteiger partial charge is 0.124 e. The summed E-state index contributed by atoms with van der Waals surface area (Å²) in [6, 6.07) is 6.44. The average Bonchev–Trinajstić information content (AvgIpc) is 2.39. The molecule has 1 aliphatic rings. The Morgan fingerprint density at radius 3 is 2.94 bits per heavy atom. The number of nitrogens with one attached hydrogen (secondary N) is 1. The standard InChI is InChI=1S/C15H17FN2/c16-15-7-13(9-17)6-14(8-15)11-18-10-12-4-2-1-3-5-12/h1-2,6-8,12,18H,3-5,10-11H2. The minimum atomic E-state index is -0.341. The fourth-order valence-corrected chi connectivity index (χ4v) is 2.28. The molecule has 0 bridgehead atoms. The van der Waals surface area contributed by atoms with Crippen LogP contribution in [0, 0.1) is 23.1 Å². The molecular weight excluding hydrogens is 227 g/mol. The number of nitrogens with zero attached hydrogens (tertiary/aromatic N) is 1. The summed E-state index contributed by atoms with van der Waals surface area (Å²) >= 11 is 0. The van der Waals surface area contributed by atoms with Gasteiger partial charge in [0.1, 0.15) is 5.82 Å². The van der Waals surface area contributed by atoms with Gasteiger partial charge in [-0.3, -0.25) is 0 Å². The summed E-state index contributed by atoms with van der Waals surface area (Å²) in [5.41, 5.74) is 1.21. The van der Waals surface area contributed by atoms with Gasteiger partial charge in [-0.25, -0.2) is 4.39 Å². The van der Waals surface area contributed by atoms with Crippen LogP contribution in [-0.4, -0.2) is 6.54 Å². The highest BCUT2D eigenvalue weighted by molar-refractivity contribution is 5.33. The van der Waals surface area contributed by atoms with Crippen molar-refractivity contribution in [2.45, 2.75) is 25.8 Å². The van der Waals surface area contributed by atoms with Crippen LogP contribution in [0.25, 0.3) is 0 Å². The quantitative estimate of drug-likeness (QED) is 0.826. The maximum absolute atomic E-state index is 13.2. The van der Waals surface area contributed by atoms with Gasteiger partial charge in [0.15, 0.2) is 0 Å². The molecule has 0 radical (unpaired) electrons. The van der Waals surface area contributed by atoms with Crippen LogP contribution < -0.4 is 5.32 Å². The molecule has 0 fully saturated rings. The molecule has 1 aliphatic carbocycles. The summed E-state index contributed by atoms with van der Waals surface area (Å²) in [6.07, 6.45) is 7.95. The maximum Gasteiger partial charge on any atom is 0.124 e. The van der Waals surface area contributed by atoms with Gasteiger partial charge in [0.05, 0.1) is 11.6 Å². The Labute approximate surface area is 107 Å². The zero-order chi connectivity index (χ0) is 12.8. The molecule has 0 aliphatic heterocycles. The van der Waals surface area contributed by atoms with Crippen molar-refractivity contribution in [1.82, 2.24) is 5.32 Å². The van der Waals surface area contributed by atoms with Crippen LogP contribution in [-0.2, 0) is 6.54 Å². The molecule has 0 aromatic heterocycles. The average molecular weight is 244 g/mol. The highest BCUT2D eigenvalue weighted by Crippen LogP contribution is 2.17. The van der Waals surface area contributed by atoms with E-state index in [0.717, 1.165) is 24.9 Å². The first kappa shape index (κ1) is 12.8. The predicted octanol–water partition coefficient (Wildman–Crippen LogP) is 3.14. The largest absolute Gasteiger partial charge is 0.312 e. The van der Waals surface area contributed by atoms with Gasteiger partial charge in [0.2, 0.25) is 0 Å². The first-order valence-electron chi connectivity index (χ1n) is 6.33. The van der Waals surface area contributed by atoms with E-state index in [9.17, 15) is 4.39 Å². The van der Waals surface area contributed by atoms with Crippen LogP contribution in [0.1, 0.15) is 30.4 Å². The molecule has 0 spiro atoms. The van der Waals surface area contributed by atoms with Crippen LogP contribution in [0.15, 0.2) is 30.4 Å². The van der Waals surface area contributed by atoms with Crippen LogP contribution in [0.3, 0.4) is 0 Å². The van der Waals surface area contributed by atoms with Gasteiger partial charge in [0.25, 0.3) is 0 Å². The fourth-order valence-electron chi connectivity index (χ4n) is 2.28. The molecular formula is C15H17FN2. The second-order valence-electron chi connectivity index (χ2n) is 4.74. The van der Waals surface area contributed by atoms with Crippen molar-refractivity contribution in [2.24, 2.45) is 5.92 Å². The number of benzene rings is 1. The lowest BCUT2D eigenvalue weighted by Gasteiger charge is -2.18. The van der Waals surface area contributed by atoms with Crippen LogP contribution in [0.2, 0.25) is 0 Å². The Balaban J connectivity index is 1.84. The predicted molar refractivity (Wildman–Crippen MR) is 69.3 cm³/mol. The molecule has 1 aromatic carbocycles. The van der Waals surface area contributed by atoms with Gasteiger partial charge in [-0.1, -0.05) is 12.2 Å². The fraction of sp³-hybridized carbons (Fsp3) is 0.400. The lowest BCUT2D eigenvalue weighted by molar-refractivity contribution is 0.440. The zero-order valence-electron chi connectivity index (χ0n) is 10.3. The van der Waals surface area contributed by atoms with Gasteiger partial charge in [-0.2, -0.15) is 5.26 Å². The summed E-state index contributed by atoms with van der Waals surface area (Å²) in [4.78, 5) is 0. The third-order valence-corrected chi connectivity index (χ3v) is 3.23. The van der Waals surface area contributed by atoms with E-state index < -0.39 is 0 Å². The van der Waals surface area contributed by atoms with Crippen LogP contribution >= 0.6 is 0 Å². The molecule has 2 nitrogen and oxygen atoms in total. The molecule has 1 N–H and O–H groups in total. The lowest BCUT2D eigenvalue weighted by atomic mass is 9.94. The molecule has 2 rings (SSSR count). The first-order valence-corrected chi connectivity index (χ1v) is 6.33. The molecule has 0 heterocycles. The monoisotopic (exact) mass is 244 g/mol. The van der Waals surface area contributed by atoms with E-state index in [1.807, 2.05) is 6.07 Å². The number of nitriles is 1. The van der Waals surface area contributed by atoms with Gasteiger partial charge in [-0.05, 0) is 55.5 Å². The van der Waals surface area contributed by atoms with Crippen molar-refractivity contribution in [2.75, 3.05) is 6.54 Å². The number of rotatable bonds is 4. The lowest BCUT2D eigenvalue weighted by Crippen LogP contribution is -2.23. The zero-order valence-corrected chi connectivity index (χ0v) is 10.3. The van der Waals surface area contributed by atoms with Crippen molar-refractivity contribution in [1.29, 1.82) is 5.26 Å². The molecule has 0 amide bonds. The number of hydrogen-bond acceptors (Lipinski definition) is 2. The molecule has 1 unspecified atom stereocenters. The van der Waals surface area contributed by atoms with E-state index in [2.05, 4.69) is 17.5 Å². The van der Waals surface area contributed by atoms with E-state index in [0.29, 0.717) is 18.0 Å². The third kappa shape index (κ3) is 3.68. The number of allylic oxidation sites excluding steroid dienone is 2. The third-order valence-electron chi connectivity index (χ3n) is 3.23. The van der Waals surface area contributed by atoms with Gasteiger partial charge in [0, 0.05) is 6.54 Å². The van der Waals surface area contributed by atoms with E-state index >= 15 is 0 Å². The van der Waals surface area contributed by atoms with Crippen molar-refractivity contribution in [3.8, 4) is 6.07 Å². The topological polar surface area (TPSA) is 35.8 Å². The summed E-state index contributed by atoms with van der Waals surface area (Å²) < 4.78 is 13.2. The van der Waals surface area contributed by atoms with E-state index in [-0.39, 0.29) is 5.82 Å². The second kappa shape index (κ2) is 6.32. The van der Waals surface area contributed by atoms with E-state index in [1.54, 1.807) is 6.07 Å². The molecule has 0 saturated carbocycles. The summed E-state index contributed by atoms with van der Waals surface area (Å²) in [7, 11) is 0. The molecule has 3 heteroatoms. The SMILES string of the molecule is N#Cc1cc(F)cc(CNCC2CC=CCC2)c1. The van der Waals surface area contributed by atoms with Crippen molar-refractivity contribution >= 4 is 0 Å². The molecule has 1 aromatic rings. The Morgan fingerprint density at radius 1 is 1.33 bits per heavy atom. The highest BCUT2D eigenvalue weighted by Gasteiger charge is 2.09.